The number of carbonyl (C=O) groups is 1. The lowest BCUT2D eigenvalue weighted by molar-refractivity contribution is -0.137. The molecule has 180 valence electrons. The van der Waals surface area contributed by atoms with Gasteiger partial charge in [0.25, 0.3) is 0 Å². The molecule has 4 aromatic rings. The summed E-state index contributed by atoms with van der Waals surface area (Å²) < 4.78 is 20.3. The molecule has 2 N–H and O–H groups in total. The molecule has 9 heteroatoms. The molecular formula is C26H26FN5O3. The maximum absolute atomic E-state index is 13.3. The number of aliphatic carboxylic acids is 1. The van der Waals surface area contributed by atoms with Crippen molar-refractivity contribution in [2.75, 3.05) is 11.9 Å². The standard InChI is InChI=1S/C26H26FN5O3/c1-3-17(12-25(33)34)18-5-10-23(19-13-30-32(16-19)22-8-6-20(27)7-9-22)24(11-18)31-21-14-28-26(29-15-21)35-4-2/h5-11,13-17,31H,3-4,12H2,1-2H3,(H,33,34)/t17-/m1/s1. The Hall–Kier alpha value is -4.27. The van der Waals surface area contributed by atoms with Crippen molar-refractivity contribution in [2.45, 2.75) is 32.6 Å². The smallest absolute Gasteiger partial charge is 0.316 e. The highest BCUT2D eigenvalue weighted by atomic mass is 19.1. The zero-order valence-electron chi connectivity index (χ0n) is 19.5. The van der Waals surface area contributed by atoms with E-state index in [0.717, 1.165) is 28.1 Å². The average molecular weight is 476 g/mol. The van der Waals surface area contributed by atoms with Crippen molar-refractivity contribution >= 4 is 17.3 Å². The molecule has 0 amide bonds. The Morgan fingerprint density at radius 1 is 1.11 bits per heavy atom. The summed E-state index contributed by atoms with van der Waals surface area (Å²) in [7, 11) is 0. The van der Waals surface area contributed by atoms with E-state index in [1.807, 2.05) is 38.2 Å². The van der Waals surface area contributed by atoms with Crippen molar-refractivity contribution in [1.29, 1.82) is 0 Å². The van der Waals surface area contributed by atoms with E-state index in [1.165, 1.54) is 12.1 Å². The van der Waals surface area contributed by atoms with Crippen LogP contribution in [0.15, 0.2) is 67.3 Å². The number of nitrogens with zero attached hydrogens (tertiary/aromatic N) is 4. The maximum Gasteiger partial charge on any atom is 0.316 e. The van der Waals surface area contributed by atoms with Crippen LogP contribution in [0.1, 0.15) is 38.2 Å². The van der Waals surface area contributed by atoms with Crippen LogP contribution in [0.25, 0.3) is 16.8 Å². The van der Waals surface area contributed by atoms with Crippen molar-refractivity contribution in [3.8, 4) is 22.8 Å². The number of anilines is 2. The third kappa shape index (κ3) is 5.81. The number of carboxylic acids is 1. The van der Waals surface area contributed by atoms with Crippen LogP contribution in [0.4, 0.5) is 15.8 Å². The number of aromatic nitrogens is 4. The number of carboxylic acid groups (broad SMARTS) is 1. The maximum atomic E-state index is 13.3. The number of halogens is 1. The molecule has 0 aliphatic rings. The molecular weight excluding hydrogens is 449 g/mol. The Morgan fingerprint density at radius 2 is 1.86 bits per heavy atom. The van der Waals surface area contributed by atoms with Crippen LogP contribution in [-0.4, -0.2) is 37.4 Å². The molecule has 0 spiro atoms. The monoisotopic (exact) mass is 475 g/mol. The summed E-state index contributed by atoms with van der Waals surface area (Å²) >= 11 is 0. The van der Waals surface area contributed by atoms with Gasteiger partial charge in [-0.15, -0.1) is 0 Å². The van der Waals surface area contributed by atoms with E-state index in [4.69, 9.17) is 4.74 Å². The van der Waals surface area contributed by atoms with Gasteiger partial charge in [-0.05, 0) is 55.2 Å². The van der Waals surface area contributed by atoms with Gasteiger partial charge in [-0.2, -0.15) is 5.10 Å². The molecule has 2 aromatic carbocycles. The van der Waals surface area contributed by atoms with E-state index in [1.54, 1.807) is 35.4 Å². The minimum Gasteiger partial charge on any atom is -0.481 e. The number of nitrogens with one attached hydrogen (secondary N) is 1. The molecule has 4 rings (SSSR count). The van der Waals surface area contributed by atoms with Gasteiger partial charge in [0, 0.05) is 23.0 Å². The molecule has 35 heavy (non-hydrogen) atoms. The number of ether oxygens (including phenoxy) is 1. The number of rotatable bonds is 10. The summed E-state index contributed by atoms with van der Waals surface area (Å²) in [5.41, 5.74) is 4.76. The fourth-order valence-electron chi connectivity index (χ4n) is 3.82. The minimum atomic E-state index is -0.837. The summed E-state index contributed by atoms with van der Waals surface area (Å²) in [5.74, 6) is -1.27. The van der Waals surface area contributed by atoms with Gasteiger partial charge in [0.1, 0.15) is 5.82 Å². The largest absolute Gasteiger partial charge is 0.481 e. The molecule has 0 saturated heterocycles. The van der Waals surface area contributed by atoms with E-state index >= 15 is 0 Å². The van der Waals surface area contributed by atoms with Crippen molar-refractivity contribution in [3.63, 3.8) is 0 Å². The van der Waals surface area contributed by atoms with Crippen LogP contribution < -0.4 is 10.1 Å². The van der Waals surface area contributed by atoms with Crippen LogP contribution in [0.2, 0.25) is 0 Å². The highest BCUT2D eigenvalue weighted by molar-refractivity contribution is 5.81. The lowest BCUT2D eigenvalue weighted by Gasteiger charge is -2.17. The van der Waals surface area contributed by atoms with E-state index in [-0.39, 0.29) is 18.2 Å². The molecule has 0 radical (unpaired) electrons. The SMILES string of the molecule is CCOc1ncc(Nc2cc([C@H](CC)CC(=O)O)ccc2-c2cnn(-c3ccc(F)cc3)c2)cn1. The summed E-state index contributed by atoms with van der Waals surface area (Å²) in [4.78, 5) is 19.8. The average Bonchev–Trinajstić information content (AvgIpc) is 3.34. The lowest BCUT2D eigenvalue weighted by atomic mass is 9.91. The number of benzene rings is 2. The molecule has 2 aromatic heterocycles. The van der Waals surface area contributed by atoms with E-state index in [9.17, 15) is 14.3 Å². The van der Waals surface area contributed by atoms with E-state index < -0.39 is 5.97 Å². The Kier molecular flexibility index (Phi) is 7.35. The van der Waals surface area contributed by atoms with Gasteiger partial charge >= 0.3 is 12.0 Å². The Morgan fingerprint density at radius 3 is 2.51 bits per heavy atom. The van der Waals surface area contributed by atoms with Gasteiger partial charge in [0.15, 0.2) is 0 Å². The second-order valence-corrected chi connectivity index (χ2v) is 7.97. The first-order valence-corrected chi connectivity index (χ1v) is 11.4. The number of hydrogen-bond acceptors (Lipinski definition) is 6. The second kappa shape index (κ2) is 10.8. The summed E-state index contributed by atoms with van der Waals surface area (Å²) in [6.45, 7) is 4.31. The molecule has 0 unspecified atom stereocenters. The Bertz CT molecular complexity index is 1290. The van der Waals surface area contributed by atoms with Crippen molar-refractivity contribution in [2.24, 2.45) is 0 Å². The molecule has 0 bridgehead atoms. The predicted octanol–water partition coefficient (Wildman–Crippen LogP) is 5.58. The zero-order valence-corrected chi connectivity index (χ0v) is 19.5. The summed E-state index contributed by atoms with van der Waals surface area (Å²) in [6.07, 6.45) is 7.59. The molecule has 0 saturated carbocycles. The summed E-state index contributed by atoms with van der Waals surface area (Å²) in [6, 6.07) is 12.2. The van der Waals surface area contributed by atoms with Crippen LogP contribution >= 0.6 is 0 Å². The predicted molar refractivity (Wildman–Crippen MR) is 131 cm³/mol. The van der Waals surface area contributed by atoms with Crippen molar-refractivity contribution < 1.29 is 19.0 Å². The van der Waals surface area contributed by atoms with E-state index in [0.29, 0.717) is 24.7 Å². The third-order valence-corrected chi connectivity index (χ3v) is 5.59. The lowest BCUT2D eigenvalue weighted by Crippen LogP contribution is -2.06. The fourth-order valence-corrected chi connectivity index (χ4v) is 3.82. The minimum absolute atomic E-state index is 0.0456. The van der Waals surface area contributed by atoms with Crippen molar-refractivity contribution in [3.05, 3.63) is 78.6 Å². The van der Waals surface area contributed by atoms with Crippen LogP contribution in [0.3, 0.4) is 0 Å². The van der Waals surface area contributed by atoms with Crippen molar-refractivity contribution in [1.82, 2.24) is 19.7 Å². The number of hydrogen-bond donors (Lipinski definition) is 2. The highest BCUT2D eigenvalue weighted by Crippen LogP contribution is 2.35. The first kappa shape index (κ1) is 23.9. The van der Waals surface area contributed by atoms with E-state index in [2.05, 4.69) is 20.4 Å². The van der Waals surface area contributed by atoms with Crippen LogP contribution in [-0.2, 0) is 4.79 Å². The zero-order chi connectivity index (χ0) is 24.8. The van der Waals surface area contributed by atoms with Gasteiger partial charge in [0.2, 0.25) is 0 Å². The van der Waals surface area contributed by atoms with Gasteiger partial charge in [-0.1, -0.05) is 19.1 Å². The van der Waals surface area contributed by atoms with Gasteiger partial charge in [-0.3, -0.25) is 4.79 Å². The van der Waals surface area contributed by atoms with Crippen LogP contribution in [0.5, 0.6) is 6.01 Å². The highest BCUT2D eigenvalue weighted by Gasteiger charge is 2.17. The third-order valence-electron chi connectivity index (χ3n) is 5.59. The molecule has 1 atom stereocenters. The van der Waals surface area contributed by atoms with Gasteiger partial charge in [-0.25, -0.2) is 19.0 Å². The molecule has 8 nitrogen and oxygen atoms in total. The molecule has 0 fully saturated rings. The van der Waals surface area contributed by atoms with Gasteiger partial charge in [0.05, 0.1) is 43.0 Å². The Balaban J connectivity index is 1.71. The Labute approximate surface area is 202 Å². The topological polar surface area (TPSA) is 102 Å². The first-order valence-electron chi connectivity index (χ1n) is 11.4. The quantitative estimate of drug-likeness (QED) is 0.309. The van der Waals surface area contributed by atoms with Gasteiger partial charge < -0.3 is 15.2 Å². The fraction of sp³-hybridized carbons (Fsp3) is 0.231. The molecule has 2 heterocycles. The normalized spacial score (nSPS) is 11.7. The van der Waals surface area contributed by atoms with Crippen LogP contribution in [0, 0.1) is 5.82 Å². The molecule has 0 aliphatic carbocycles. The summed E-state index contributed by atoms with van der Waals surface area (Å²) in [5, 5.41) is 17.1. The molecule has 0 aliphatic heterocycles. The second-order valence-electron chi connectivity index (χ2n) is 7.97. The first-order chi connectivity index (χ1) is 17.0.